The first-order valence-corrected chi connectivity index (χ1v) is 9.00. The van der Waals surface area contributed by atoms with E-state index in [9.17, 15) is 4.79 Å². The predicted molar refractivity (Wildman–Crippen MR) is 111 cm³/mol. The first-order chi connectivity index (χ1) is 13.7. The van der Waals surface area contributed by atoms with Gasteiger partial charge in [-0.2, -0.15) is 5.10 Å². The average molecular weight is 367 g/mol. The third-order valence-corrected chi connectivity index (χ3v) is 4.81. The lowest BCUT2D eigenvalue weighted by Gasteiger charge is -2.12. The predicted octanol–water partition coefficient (Wildman–Crippen LogP) is 4.31. The Labute approximate surface area is 160 Å². The fraction of sp³-hybridized carbons (Fsp3) is 0.0455. The number of para-hydroxylation sites is 1. The summed E-state index contributed by atoms with van der Waals surface area (Å²) >= 11 is 0. The summed E-state index contributed by atoms with van der Waals surface area (Å²) in [6.07, 6.45) is 0. The van der Waals surface area contributed by atoms with Gasteiger partial charge >= 0.3 is 0 Å². The number of fused-ring (bicyclic) bond motifs is 2. The van der Waals surface area contributed by atoms with Crippen molar-refractivity contribution in [2.24, 2.45) is 0 Å². The van der Waals surface area contributed by atoms with E-state index in [0.29, 0.717) is 22.7 Å². The molecule has 2 heterocycles. The Hall–Kier alpha value is -3.93. The number of rotatable bonds is 3. The number of aromatic amines is 1. The van der Waals surface area contributed by atoms with Crippen molar-refractivity contribution in [1.82, 2.24) is 19.7 Å². The molecule has 5 aromatic rings. The van der Waals surface area contributed by atoms with Crippen LogP contribution in [0.2, 0.25) is 0 Å². The van der Waals surface area contributed by atoms with Gasteiger partial charge in [0, 0.05) is 11.1 Å². The summed E-state index contributed by atoms with van der Waals surface area (Å²) < 4.78 is 1.65. The van der Waals surface area contributed by atoms with Crippen LogP contribution >= 0.6 is 0 Å². The van der Waals surface area contributed by atoms with Crippen LogP contribution in [-0.4, -0.2) is 19.7 Å². The topological polar surface area (TPSA) is 75.6 Å². The third-order valence-electron chi connectivity index (χ3n) is 4.81. The molecule has 6 heteroatoms. The van der Waals surface area contributed by atoms with Crippen molar-refractivity contribution in [3.8, 4) is 5.69 Å². The molecular formula is C22H17N5O. The molecule has 0 saturated carbocycles. The molecule has 0 bridgehead atoms. The molecule has 0 atom stereocenters. The first kappa shape index (κ1) is 16.3. The second kappa shape index (κ2) is 6.35. The van der Waals surface area contributed by atoms with Gasteiger partial charge in [0.2, 0.25) is 0 Å². The Bertz CT molecular complexity index is 1360. The first-order valence-electron chi connectivity index (χ1n) is 9.00. The Morgan fingerprint density at radius 1 is 0.929 bits per heavy atom. The maximum atomic E-state index is 13.5. The molecule has 28 heavy (non-hydrogen) atoms. The minimum absolute atomic E-state index is 0.161. The standard InChI is InChI=1S/C22H17N5O/c1-14-23-20-19(21(26-25-20)24-16-10-3-2-4-11-16)22(28)27(14)18-13-7-9-15-8-5-6-12-17(15)18/h2-13H,1H3,(H2,24,25,26). The highest BCUT2D eigenvalue weighted by molar-refractivity contribution is 5.92. The largest absolute Gasteiger partial charge is 0.340 e. The number of anilines is 2. The molecule has 3 aromatic carbocycles. The fourth-order valence-electron chi connectivity index (χ4n) is 3.52. The number of H-pyrrole nitrogens is 1. The van der Waals surface area contributed by atoms with Crippen molar-refractivity contribution in [2.75, 3.05) is 5.32 Å². The molecule has 0 unspecified atom stereocenters. The van der Waals surface area contributed by atoms with E-state index in [0.717, 1.165) is 22.1 Å². The van der Waals surface area contributed by atoms with Crippen molar-refractivity contribution >= 4 is 33.3 Å². The molecule has 0 radical (unpaired) electrons. The zero-order valence-corrected chi connectivity index (χ0v) is 15.2. The smallest absolute Gasteiger partial charge is 0.271 e. The number of nitrogens with one attached hydrogen (secondary N) is 2. The normalized spacial score (nSPS) is 11.2. The summed E-state index contributed by atoms with van der Waals surface area (Å²) in [5.41, 5.74) is 1.91. The van der Waals surface area contributed by atoms with Crippen molar-refractivity contribution in [3.05, 3.63) is 89.0 Å². The average Bonchev–Trinajstić information content (AvgIpc) is 3.11. The van der Waals surface area contributed by atoms with Gasteiger partial charge in [0.05, 0.1) is 5.69 Å². The summed E-state index contributed by atoms with van der Waals surface area (Å²) in [5, 5.41) is 12.9. The van der Waals surface area contributed by atoms with Gasteiger partial charge < -0.3 is 5.32 Å². The van der Waals surface area contributed by atoms with Crippen molar-refractivity contribution in [1.29, 1.82) is 0 Å². The van der Waals surface area contributed by atoms with Crippen LogP contribution < -0.4 is 10.9 Å². The van der Waals surface area contributed by atoms with E-state index >= 15 is 0 Å². The molecule has 0 aliphatic rings. The minimum Gasteiger partial charge on any atom is -0.340 e. The van der Waals surface area contributed by atoms with Crippen molar-refractivity contribution < 1.29 is 0 Å². The lowest BCUT2D eigenvalue weighted by molar-refractivity contribution is 0.897. The molecule has 5 rings (SSSR count). The number of aromatic nitrogens is 4. The number of hydrogen-bond acceptors (Lipinski definition) is 4. The molecule has 2 aromatic heterocycles. The summed E-state index contributed by atoms with van der Waals surface area (Å²) in [6.45, 7) is 1.82. The summed E-state index contributed by atoms with van der Waals surface area (Å²) in [7, 11) is 0. The van der Waals surface area contributed by atoms with Gasteiger partial charge in [0.15, 0.2) is 5.65 Å². The van der Waals surface area contributed by atoms with E-state index in [-0.39, 0.29) is 5.56 Å². The van der Waals surface area contributed by atoms with Gasteiger partial charge in [-0.25, -0.2) is 4.98 Å². The van der Waals surface area contributed by atoms with E-state index in [2.05, 4.69) is 20.5 Å². The number of aryl methyl sites for hydroxylation is 1. The van der Waals surface area contributed by atoms with Gasteiger partial charge in [0.1, 0.15) is 17.0 Å². The highest BCUT2D eigenvalue weighted by Gasteiger charge is 2.17. The maximum Gasteiger partial charge on any atom is 0.271 e. The van der Waals surface area contributed by atoms with Crippen LogP contribution in [-0.2, 0) is 0 Å². The second-order valence-corrected chi connectivity index (χ2v) is 6.59. The fourth-order valence-corrected chi connectivity index (χ4v) is 3.52. The van der Waals surface area contributed by atoms with Gasteiger partial charge in [-0.05, 0) is 30.5 Å². The number of benzene rings is 3. The monoisotopic (exact) mass is 367 g/mol. The van der Waals surface area contributed by atoms with Gasteiger partial charge in [0.25, 0.3) is 5.56 Å². The Morgan fingerprint density at radius 3 is 2.54 bits per heavy atom. The molecule has 0 aliphatic heterocycles. The molecule has 0 amide bonds. The number of nitrogens with zero attached hydrogens (tertiary/aromatic N) is 3. The van der Waals surface area contributed by atoms with E-state index in [4.69, 9.17) is 0 Å². The van der Waals surface area contributed by atoms with Gasteiger partial charge in [-0.1, -0.05) is 54.6 Å². The molecule has 0 fully saturated rings. The lowest BCUT2D eigenvalue weighted by atomic mass is 10.1. The van der Waals surface area contributed by atoms with Crippen LogP contribution in [0.4, 0.5) is 11.5 Å². The molecule has 0 saturated heterocycles. The Morgan fingerprint density at radius 2 is 1.68 bits per heavy atom. The van der Waals surface area contributed by atoms with Crippen LogP contribution in [0.3, 0.4) is 0 Å². The highest BCUT2D eigenvalue weighted by Crippen LogP contribution is 2.25. The van der Waals surface area contributed by atoms with Crippen LogP contribution in [0, 0.1) is 6.92 Å². The zero-order chi connectivity index (χ0) is 19.1. The highest BCUT2D eigenvalue weighted by atomic mass is 16.1. The van der Waals surface area contributed by atoms with E-state index in [1.165, 1.54) is 0 Å². The van der Waals surface area contributed by atoms with E-state index in [1.807, 2.05) is 79.7 Å². The summed E-state index contributed by atoms with van der Waals surface area (Å²) in [5.74, 6) is 1.12. The van der Waals surface area contributed by atoms with Gasteiger partial charge in [-0.3, -0.25) is 14.5 Å². The Balaban J connectivity index is 1.76. The SMILES string of the molecule is Cc1nc2n[nH]c(Nc3ccccc3)c2c(=O)n1-c1cccc2ccccc12. The molecule has 0 aliphatic carbocycles. The second-order valence-electron chi connectivity index (χ2n) is 6.59. The molecular weight excluding hydrogens is 350 g/mol. The quantitative estimate of drug-likeness (QED) is 0.498. The maximum absolute atomic E-state index is 13.5. The van der Waals surface area contributed by atoms with E-state index < -0.39 is 0 Å². The Kier molecular flexibility index (Phi) is 3.69. The minimum atomic E-state index is -0.161. The van der Waals surface area contributed by atoms with Crippen LogP contribution in [0.1, 0.15) is 5.82 Å². The van der Waals surface area contributed by atoms with Crippen LogP contribution in [0.15, 0.2) is 77.6 Å². The molecule has 2 N–H and O–H groups in total. The molecule has 0 spiro atoms. The summed E-state index contributed by atoms with van der Waals surface area (Å²) in [4.78, 5) is 18.1. The van der Waals surface area contributed by atoms with Crippen molar-refractivity contribution in [3.63, 3.8) is 0 Å². The van der Waals surface area contributed by atoms with Gasteiger partial charge in [-0.15, -0.1) is 0 Å². The van der Waals surface area contributed by atoms with Crippen molar-refractivity contribution in [2.45, 2.75) is 6.92 Å². The third kappa shape index (κ3) is 2.54. The molecule has 6 nitrogen and oxygen atoms in total. The zero-order valence-electron chi connectivity index (χ0n) is 15.2. The molecule has 136 valence electrons. The summed E-state index contributed by atoms with van der Waals surface area (Å²) in [6, 6.07) is 23.6. The number of hydrogen-bond donors (Lipinski definition) is 2. The van der Waals surface area contributed by atoms with Crippen LogP contribution in [0.25, 0.3) is 27.5 Å². The van der Waals surface area contributed by atoms with Crippen LogP contribution in [0.5, 0.6) is 0 Å². The van der Waals surface area contributed by atoms with E-state index in [1.54, 1.807) is 4.57 Å². The lowest BCUT2D eigenvalue weighted by Crippen LogP contribution is -2.22.